The molecule has 2 aliphatic carbocycles. The quantitative estimate of drug-likeness (QED) is 0.269. The molecule has 2 fully saturated rings. The Balaban J connectivity index is 1.34. The Bertz CT molecular complexity index is 1610. The maximum absolute atomic E-state index is 13.3. The predicted molar refractivity (Wildman–Crippen MR) is 140 cm³/mol. The van der Waals surface area contributed by atoms with E-state index in [2.05, 4.69) is 15.3 Å². The van der Waals surface area contributed by atoms with Gasteiger partial charge in [-0.05, 0) is 49.3 Å². The van der Waals surface area contributed by atoms with Crippen LogP contribution < -0.4 is 20.9 Å². The molecule has 5 N–H and O–H groups in total. The highest BCUT2D eigenvalue weighted by Crippen LogP contribution is 2.42. The molecule has 0 atom stereocenters. The monoisotopic (exact) mass is 538 g/mol. The maximum Gasteiger partial charge on any atom is 0.274 e. The van der Waals surface area contributed by atoms with Crippen molar-refractivity contribution in [1.29, 1.82) is 5.41 Å². The fourth-order valence-corrected chi connectivity index (χ4v) is 5.03. The van der Waals surface area contributed by atoms with Gasteiger partial charge in [0, 0.05) is 25.4 Å². The van der Waals surface area contributed by atoms with Gasteiger partial charge in [-0.1, -0.05) is 11.6 Å². The molecule has 3 aromatic rings. The molecule has 0 aromatic carbocycles. The van der Waals surface area contributed by atoms with Gasteiger partial charge in [0.2, 0.25) is 11.7 Å². The normalized spacial score (nSPS) is 22.2. The molecule has 0 saturated heterocycles. The summed E-state index contributed by atoms with van der Waals surface area (Å²) in [5.41, 5.74) is 2.66. The summed E-state index contributed by atoms with van der Waals surface area (Å²) in [6.07, 6.45) is 11.4. The first-order chi connectivity index (χ1) is 18.3. The highest BCUT2D eigenvalue weighted by atomic mass is 35.5. The molecule has 1 aliphatic heterocycles. The van der Waals surface area contributed by atoms with E-state index in [1.807, 2.05) is 12.3 Å². The number of aliphatic hydroxyl groups is 1. The molecule has 10 nitrogen and oxygen atoms in total. The van der Waals surface area contributed by atoms with E-state index in [1.165, 1.54) is 29.9 Å². The first kappa shape index (κ1) is 24.5. The van der Waals surface area contributed by atoms with Crippen LogP contribution in [0.2, 0.25) is 5.02 Å². The fraction of sp³-hybridized carbons (Fsp3) is 0.308. The minimum Gasteiger partial charge on any atom is -0.446 e. The molecule has 0 amide bonds. The number of halogens is 2. The van der Waals surface area contributed by atoms with Crippen LogP contribution >= 0.6 is 11.6 Å². The number of quaternary nitrogens is 1. The second-order valence-corrected chi connectivity index (χ2v) is 10.2. The Morgan fingerprint density at radius 1 is 1.37 bits per heavy atom. The summed E-state index contributed by atoms with van der Waals surface area (Å²) in [6, 6.07) is 1.86. The van der Waals surface area contributed by atoms with E-state index in [4.69, 9.17) is 21.7 Å². The predicted octanol–water partition coefficient (Wildman–Crippen LogP) is 3.28. The number of rotatable bonds is 7. The third-order valence-electron chi connectivity index (χ3n) is 7.13. The lowest BCUT2D eigenvalue weighted by atomic mass is 9.89. The van der Waals surface area contributed by atoms with Gasteiger partial charge in [0.25, 0.3) is 5.56 Å². The summed E-state index contributed by atoms with van der Waals surface area (Å²) < 4.78 is 22.6. The van der Waals surface area contributed by atoms with Crippen molar-refractivity contribution in [3.05, 3.63) is 75.0 Å². The molecule has 6 rings (SSSR count). The number of anilines is 2. The Morgan fingerprint density at radius 3 is 2.82 bits per heavy atom. The van der Waals surface area contributed by atoms with Crippen molar-refractivity contribution in [2.75, 3.05) is 5.32 Å². The number of nitrogens with zero attached hydrogens (tertiary/aromatic N) is 4. The molecule has 0 spiro atoms. The van der Waals surface area contributed by atoms with Crippen LogP contribution in [0.1, 0.15) is 43.2 Å². The van der Waals surface area contributed by atoms with Gasteiger partial charge in [-0.2, -0.15) is 4.98 Å². The van der Waals surface area contributed by atoms with Crippen LogP contribution in [0.25, 0.3) is 11.2 Å². The van der Waals surface area contributed by atoms with Crippen LogP contribution in [0.4, 0.5) is 16.0 Å². The van der Waals surface area contributed by atoms with Crippen LogP contribution in [-0.2, 0) is 7.05 Å². The van der Waals surface area contributed by atoms with E-state index in [0.29, 0.717) is 47.3 Å². The number of aryl methyl sites for hydroxylation is 1. The largest absolute Gasteiger partial charge is 0.446 e. The number of hydrogen-bond donors (Lipinski definition) is 4. The zero-order chi connectivity index (χ0) is 26.6. The minimum atomic E-state index is -0.395. The Hall–Kier alpha value is -3.80. The average molecular weight is 539 g/mol. The summed E-state index contributed by atoms with van der Waals surface area (Å²) >= 11 is 6.70. The molecule has 3 aromatic heterocycles. The van der Waals surface area contributed by atoms with E-state index in [0.717, 1.165) is 24.6 Å². The first-order valence-corrected chi connectivity index (χ1v) is 12.7. The summed E-state index contributed by atoms with van der Waals surface area (Å²) in [5, 5.41) is 22.4. The topological polar surface area (TPSA) is 135 Å². The zero-order valence-corrected chi connectivity index (χ0v) is 21.2. The lowest BCUT2D eigenvalue weighted by Crippen LogP contribution is -2.76. The molecule has 0 radical (unpaired) electrons. The number of ether oxygens (including phenoxy) is 1. The van der Waals surface area contributed by atoms with Gasteiger partial charge < -0.3 is 29.7 Å². The molecule has 196 valence electrons. The third-order valence-corrected chi connectivity index (χ3v) is 7.49. The van der Waals surface area contributed by atoms with Crippen molar-refractivity contribution in [3.8, 4) is 5.75 Å². The van der Waals surface area contributed by atoms with Gasteiger partial charge in [0.1, 0.15) is 22.4 Å². The molecule has 3 aliphatic rings. The number of imidazole rings is 1. The Morgan fingerprint density at radius 2 is 2.16 bits per heavy atom. The van der Waals surface area contributed by atoms with Gasteiger partial charge in [0.05, 0.1) is 18.5 Å². The van der Waals surface area contributed by atoms with Gasteiger partial charge in [-0.25, -0.2) is 9.37 Å². The van der Waals surface area contributed by atoms with Crippen LogP contribution in [0.5, 0.6) is 5.75 Å². The molecular weight excluding hydrogens is 513 g/mol. The smallest absolute Gasteiger partial charge is 0.274 e. The SMILES string of the molecule is Cn1c(Nc2cc(C3CC3)cn(C3CC(O)C3)c2=O)nc2ncc(O/C(C=N)=C3\C=CC(F)=C[NH2+]3)c(Cl)c21. The second-order valence-electron chi connectivity index (χ2n) is 9.80. The van der Waals surface area contributed by atoms with E-state index < -0.39 is 5.83 Å². The van der Waals surface area contributed by atoms with Gasteiger partial charge in [0.15, 0.2) is 22.9 Å². The number of hydrogen-bond acceptors (Lipinski definition) is 7. The van der Waals surface area contributed by atoms with E-state index in [1.54, 1.807) is 16.2 Å². The third kappa shape index (κ3) is 4.42. The molecule has 12 heteroatoms. The lowest BCUT2D eigenvalue weighted by Gasteiger charge is -2.33. The highest BCUT2D eigenvalue weighted by molar-refractivity contribution is 6.36. The van der Waals surface area contributed by atoms with Gasteiger partial charge >= 0.3 is 0 Å². The number of aromatic nitrogens is 4. The van der Waals surface area contributed by atoms with E-state index >= 15 is 0 Å². The van der Waals surface area contributed by atoms with Crippen molar-refractivity contribution in [2.45, 2.75) is 43.7 Å². The Kier molecular flexibility index (Phi) is 6.13. The van der Waals surface area contributed by atoms with Gasteiger partial charge in [-0.15, -0.1) is 0 Å². The summed E-state index contributed by atoms with van der Waals surface area (Å²) in [5.74, 6) is 0.801. The number of nitrogens with one attached hydrogen (secondary N) is 2. The molecule has 2 saturated carbocycles. The summed E-state index contributed by atoms with van der Waals surface area (Å²) in [7, 11) is 1.75. The van der Waals surface area contributed by atoms with Crippen molar-refractivity contribution in [2.24, 2.45) is 7.05 Å². The fourth-order valence-electron chi connectivity index (χ4n) is 4.73. The van der Waals surface area contributed by atoms with Crippen LogP contribution in [0.3, 0.4) is 0 Å². The number of allylic oxidation sites excluding steroid dienone is 4. The highest BCUT2D eigenvalue weighted by Gasteiger charge is 2.32. The Labute approximate surface area is 221 Å². The number of aliphatic hydroxyl groups excluding tert-OH is 1. The van der Waals surface area contributed by atoms with Crippen molar-refractivity contribution < 1.29 is 19.6 Å². The molecular formula is C26H26ClFN7O3+. The molecule has 4 heterocycles. The number of fused-ring (bicyclic) bond motifs is 1. The second kappa shape index (κ2) is 9.50. The molecule has 0 unspecified atom stereocenters. The minimum absolute atomic E-state index is 0.0200. The van der Waals surface area contributed by atoms with Crippen LogP contribution in [0, 0.1) is 5.41 Å². The first-order valence-electron chi connectivity index (χ1n) is 12.4. The maximum atomic E-state index is 13.3. The van der Waals surface area contributed by atoms with Crippen molar-refractivity contribution in [3.63, 3.8) is 0 Å². The van der Waals surface area contributed by atoms with Crippen LogP contribution in [0.15, 0.2) is 58.9 Å². The average Bonchev–Trinajstić information content (AvgIpc) is 3.68. The summed E-state index contributed by atoms with van der Waals surface area (Å²) in [4.78, 5) is 22.3. The van der Waals surface area contributed by atoms with Crippen LogP contribution in [-0.4, -0.2) is 36.5 Å². The number of nitrogens with two attached hydrogens (primary N) is 1. The van der Waals surface area contributed by atoms with E-state index in [-0.39, 0.29) is 34.2 Å². The standard InChI is InChI=1S/C26H25ClFN7O3/c1-34-23-22(27)21(38-20(9-29)18-5-4-15(28)10-30-18)11-31-24(23)33-26(34)32-19-6-14(13-2-3-13)12-35(25(19)37)16-7-17(36)8-16/h4-6,9-13,16-17,29-30,36H,2-3,7-8H2,1H3,(H,31,32,33)/p+1/b20-18+,29-9?. The van der Waals surface area contributed by atoms with Gasteiger partial charge in [-0.3, -0.25) is 10.1 Å². The summed E-state index contributed by atoms with van der Waals surface area (Å²) in [6.45, 7) is 0. The van der Waals surface area contributed by atoms with Crippen molar-refractivity contribution >= 4 is 40.6 Å². The molecule has 0 bridgehead atoms. The van der Waals surface area contributed by atoms with Crippen molar-refractivity contribution in [1.82, 2.24) is 19.1 Å². The number of pyridine rings is 2. The zero-order valence-electron chi connectivity index (χ0n) is 20.5. The molecule has 38 heavy (non-hydrogen) atoms. The lowest BCUT2D eigenvalue weighted by molar-refractivity contribution is -0.533. The van der Waals surface area contributed by atoms with E-state index in [9.17, 15) is 14.3 Å².